The van der Waals surface area contributed by atoms with Crippen molar-refractivity contribution in [1.82, 2.24) is 15.1 Å². The van der Waals surface area contributed by atoms with E-state index in [-0.39, 0.29) is 11.7 Å². The number of likely N-dealkylation sites (tertiary alicyclic amines) is 1. The molecule has 6 nitrogen and oxygen atoms in total. The fraction of sp³-hybridized carbons (Fsp3) is 0.524. The Morgan fingerprint density at radius 2 is 2.07 bits per heavy atom. The number of rotatable bonds is 8. The summed E-state index contributed by atoms with van der Waals surface area (Å²) in [7, 11) is 0. The van der Waals surface area contributed by atoms with E-state index in [1.165, 1.54) is 31.4 Å². The zero-order valence-electron chi connectivity index (χ0n) is 16.8. The van der Waals surface area contributed by atoms with Gasteiger partial charge in [-0.2, -0.15) is 13.9 Å². The van der Waals surface area contributed by atoms with Crippen LogP contribution in [-0.4, -0.2) is 46.2 Å². The van der Waals surface area contributed by atoms with Gasteiger partial charge in [-0.1, -0.05) is 18.6 Å². The lowest BCUT2D eigenvalue weighted by Gasteiger charge is -2.39. The van der Waals surface area contributed by atoms with Crippen LogP contribution in [0.15, 0.2) is 30.3 Å². The average Bonchev–Trinajstić information content (AvgIpc) is 3.12. The number of H-pyrrole nitrogens is 1. The topological polar surface area (TPSA) is 70.2 Å². The molecule has 0 bridgehead atoms. The lowest BCUT2D eigenvalue weighted by molar-refractivity contribution is -0.116. The summed E-state index contributed by atoms with van der Waals surface area (Å²) < 4.78 is 29.2. The highest BCUT2D eigenvalue weighted by Crippen LogP contribution is 2.25. The number of nitrogens with zero attached hydrogens (tertiary/aromatic N) is 2. The maximum absolute atomic E-state index is 12.4. The first kappa shape index (κ1) is 21.2. The second-order valence-electron chi connectivity index (χ2n) is 7.59. The number of alkyl halides is 2. The van der Waals surface area contributed by atoms with Crippen molar-refractivity contribution in [2.75, 3.05) is 11.9 Å². The number of nitrogens with one attached hydrogen (secondary N) is 2. The van der Waals surface area contributed by atoms with E-state index in [1.54, 1.807) is 18.2 Å². The van der Waals surface area contributed by atoms with E-state index in [0.717, 1.165) is 13.0 Å². The molecule has 1 amide bonds. The summed E-state index contributed by atoms with van der Waals surface area (Å²) in [4.78, 5) is 14.7. The number of anilines is 1. The van der Waals surface area contributed by atoms with Gasteiger partial charge in [0, 0.05) is 30.1 Å². The molecule has 3 rings (SSSR count). The third kappa shape index (κ3) is 6.00. The van der Waals surface area contributed by atoms with E-state index in [0.29, 0.717) is 35.6 Å². The molecule has 2 heterocycles. The summed E-state index contributed by atoms with van der Waals surface area (Å²) in [6.07, 6.45) is 4.95. The van der Waals surface area contributed by atoms with Gasteiger partial charge < -0.3 is 10.1 Å². The predicted octanol–water partition coefficient (Wildman–Crippen LogP) is 4.66. The van der Waals surface area contributed by atoms with Crippen molar-refractivity contribution in [2.45, 2.75) is 64.6 Å². The van der Waals surface area contributed by atoms with Crippen LogP contribution in [0.3, 0.4) is 0 Å². The maximum atomic E-state index is 12.4. The van der Waals surface area contributed by atoms with Crippen LogP contribution in [0.25, 0.3) is 11.3 Å². The molecular formula is C21H28F2N4O2. The second kappa shape index (κ2) is 9.82. The Hall–Kier alpha value is -2.48. The minimum Gasteiger partial charge on any atom is -0.435 e. The molecule has 1 fully saturated rings. The fourth-order valence-corrected chi connectivity index (χ4v) is 3.92. The highest BCUT2D eigenvalue weighted by Gasteiger charge is 2.24. The Morgan fingerprint density at radius 3 is 2.79 bits per heavy atom. The molecule has 0 aliphatic carbocycles. The van der Waals surface area contributed by atoms with E-state index < -0.39 is 6.61 Å². The Labute approximate surface area is 169 Å². The number of benzene rings is 1. The maximum Gasteiger partial charge on any atom is 0.387 e. The number of amides is 1. The molecule has 1 aliphatic heterocycles. The zero-order valence-corrected chi connectivity index (χ0v) is 16.8. The van der Waals surface area contributed by atoms with Crippen molar-refractivity contribution in [3.8, 4) is 17.0 Å². The number of halogens is 2. The van der Waals surface area contributed by atoms with Crippen molar-refractivity contribution in [3.05, 3.63) is 30.3 Å². The summed E-state index contributed by atoms with van der Waals surface area (Å²) in [6, 6.07) is 9.10. The van der Waals surface area contributed by atoms with Gasteiger partial charge >= 0.3 is 6.61 Å². The normalized spacial score (nSPS) is 20.0. The molecule has 1 saturated heterocycles. The molecule has 1 aromatic heterocycles. The van der Waals surface area contributed by atoms with E-state index in [2.05, 4.69) is 39.0 Å². The van der Waals surface area contributed by atoms with Gasteiger partial charge in [-0.05, 0) is 51.8 Å². The Kier molecular flexibility index (Phi) is 7.19. The van der Waals surface area contributed by atoms with E-state index >= 15 is 0 Å². The third-order valence-corrected chi connectivity index (χ3v) is 5.40. The largest absolute Gasteiger partial charge is 0.435 e. The third-order valence-electron chi connectivity index (χ3n) is 5.40. The molecule has 1 aliphatic rings. The Balaban J connectivity index is 1.50. The van der Waals surface area contributed by atoms with E-state index in [9.17, 15) is 13.6 Å². The van der Waals surface area contributed by atoms with Crippen LogP contribution in [0.4, 0.5) is 14.6 Å². The average molecular weight is 406 g/mol. The number of aromatic amines is 1. The molecule has 2 aromatic rings. The number of carbonyl (C=O) groups is 1. The first-order valence-corrected chi connectivity index (χ1v) is 10.1. The first-order chi connectivity index (χ1) is 13.9. The number of hydrogen-bond acceptors (Lipinski definition) is 4. The molecule has 0 radical (unpaired) electrons. The lowest BCUT2D eigenvalue weighted by Crippen LogP contribution is -2.44. The zero-order chi connectivity index (χ0) is 20.8. The molecule has 0 spiro atoms. The highest BCUT2D eigenvalue weighted by atomic mass is 19.3. The molecule has 2 atom stereocenters. The van der Waals surface area contributed by atoms with Crippen LogP contribution in [0, 0.1) is 0 Å². The predicted molar refractivity (Wildman–Crippen MR) is 108 cm³/mol. The van der Waals surface area contributed by atoms with Crippen LogP contribution in [0.1, 0.15) is 46.0 Å². The van der Waals surface area contributed by atoms with Gasteiger partial charge in [0.1, 0.15) is 11.6 Å². The summed E-state index contributed by atoms with van der Waals surface area (Å²) in [5.74, 6) is 0.462. The first-order valence-electron chi connectivity index (χ1n) is 10.1. The van der Waals surface area contributed by atoms with Gasteiger partial charge in [-0.25, -0.2) is 0 Å². The summed E-state index contributed by atoms with van der Waals surface area (Å²) in [5, 5.41) is 9.72. The number of ether oxygens (including phenoxy) is 1. The minimum absolute atomic E-state index is 0.0623. The molecular weight excluding hydrogens is 378 g/mol. The number of piperidine rings is 1. The van der Waals surface area contributed by atoms with Crippen molar-refractivity contribution in [1.29, 1.82) is 0 Å². The summed E-state index contributed by atoms with van der Waals surface area (Å²) in [5.41, 5.74) is 1.16. The van der Waals surface area contributed by atoms with Gasteiger partial charge in [0.15, 0.2) is 0 Å². The van der Waals surface area contributed by atoms with Crippen molar-refractivity contribution in [3.63, 3.8) is 0 Å². The number of aromatic nitrogens is 2. The molecule has 158 valence electrons. The van der Waals surface area contributed by atoms with Crippen molar-refractivity contribution < 1.29 is 18.3 Å². The van der Waals surface area contributed by atoms with Crippen LogP contribution in [0.2, 0.25) is 0 Å². The number of hydrogen-bond donors (Lipinski definition) is 2. The van der Waals surface area contributed by atoms with Crippen molar-refractivity contribution >= 4 is 11.7 Å². The van der Waals surface area contributed by atoms with Gasteiger partial charge in [-0.15, -0.1) is 0 Å². The second-order valence-corrected chi connectivity index (χ2v) is 7.59. The van der Waals surface area contributed by atoms with Gasteiger partial charge in [0.25, 0.3) is 0 Å². The van der Waals surface area contributed by atoms with Crippen LogP contribution in [-0.2, 0) is 4.79 Å². The molecule has 1 aromatic carbocycles. The van der Waals surface area contributed by atoms with Crippen LogP contribution >= 0.6 is 0 Å². The highest BCUT2D eigenvalue weighted by molar-refractivity contribution is 5.90. The van der Waals surface area contributed by atoms with E-state index in [4.69, 9.17) is 0 Å². The lowest BCUT2D eigenvalue weighted by atomic mass is 9.97. The van der Waals surface area contributed by atoms with Gasteiger partial charge in [-0.3, -0.25) is 14.8 Å². The van der Waals surface area contributed by atoms with Crippen LogP contribution < -0.4 is 10.1 Å². The fourth-order valence-electron chi connectivity index (χ4n) is 3.92. The molecule has 8 heteroatoms. The van der Waals surface area contributed by atoms with Gasteiger partial charge in [0.05, 0.1) is 5.69 Å². The van der Waals surface area contributed by atoms with E-state index in [1.807, 2.05) is 0 Å². The molecule has 0 unspecified atom stereocenters. The smallest absolute Gasteiger partial charge is 0.387 e. The summed E-state index contributed by atoms with van der Waals surface area (Å²) in [6.45, 7) is 2.54. The monoisotopic (exact) mass is 406 g/mol. The SMILES string of the molecule is C[C@@H]1CCC[C@H](C)N1CCCC(=O)Nc1cc(-c2cccc(OC(F)F)c2)n[nH]1. The standard InChI is InChI=1S/C21H28F2N4O2/c1-14-6-3-7-15(2)27(14)11-5-10-20(28)24-19-13-18(25-26-19)16-8-4-9-17(12-16)29-21(22)23/h4,8-9,12-15,21H,3,5-7,10-11H2,1-2H3,(H2,24,25,26,28)/t14-,15+. The Morgan fingerprint density at radius 1 is 1.31 bits per heavy atom. The quantitative estimate of drug-likeness (QED) is 0.669. The molecule has 29 heavy (non-hydrogen) atoms. The minimum atomic E-state index is -2.88. The van der Waals surface area contributed by atoms with Gasteiger partial charge in [0.2, 0.25) is 5.91 Å². The summed E-state index contributed by atoms with van der Waals surface area (Å²) >= 11 is 0. The van der Waals surface area contributed by atoms with Crippen molar-refractivity contribution in [2.24, 2.45) is 0 Å². The Bertz CT molecular complexity index is 801. The van der Waals surface area contributed by atoms with Crippen LogP contribution in [0.5, 0.6) is 5.75 Å². The molecule has 2 N–H and O–H groups in total. The molecule has 0 saturated carbocycles. The number of carbonyl (C=O) groups excluding carboxylic acids is 1.